The predicted octanol–water partition coefficient (Wildman–Crippen LogP) is 3.74. The van der Waals surface area contributed by atoms with Crippen LogP contribution in [0.25, 0.3) is 22.0 Å². The van der Waals surface area contributed by atoms with Gasteiger partial charge in [-0.1, -0.05) is 12.1 Å². The molecule has 2 heterocycles. The average Bonchev–Trinajstić information content (AvgIpc) is 3.32. The number of methoxy groups -OCH3 is 1. The second-order valence-electron chi connectivity index (χ2n) is 8.22. The first-order valence-electron chi connectivity index (χ1n) is 9.93. The zero-order chi connectivity index (χ0) is 22.0. The van der Waals surface area contributed by atoms with Crippen LogP contribution in [0.3, 0.4) is 0 Å². The number of carbonyl (C=O) groups is 1. The second kappa shape index (κ2) is 6.88. The van der Waals surface area contributed by atoms with Crippen LogP contribution in [0.1, 0.15) is 33.9 Å². The third kappa shape index (κ3) is 3.01. The van der Waals surface area contributed by atoms with Crippen molar-refractivity contribution in [1.29, 1.82) is 0 Å². The van der Waals surface area contributed by atoms with Gasteiger partial charge in [-0.3, -0.25) is 9.69 Å². The molecule has 0 radical (unpaired) electrons. The number of aromatic carboxylic acids is 1. The van der Waals surface area contributed by atoms with Gasteiger partial charge in [0.25, 0.3) is 0 Å². The van der Waals surface area contributed by atoms with Gasteiger partial charge >= 0.3 is 5.97 Å². The third-order valence-corrected chi connectivity index (χ3v) is 6.07. The highest BCUT2D eigenvalue weighted by Crippen LogP contribution is 2.45. The van der Waals surface area contributed by atoms with Crippen LogP contribution in [0.4, 0.5) is 8.78 Å². The van der Waals surface area contributed by atoms with Crippen molar-refractivity contribution < 1.29 is 23.4 Å². The van der Waals surface area contributed by atoms with Crippen LogP contribution in [0.2, 0.25) is 0 Å². The Morgan fingerprint density at radius 2 is 1.94 bits per heavy atom. The van der Waals surface area contributed by atoms with E-state index in [0.29, 0.717) is 5.56 Å². The monoisotopic (exact) mass is 426 g/mol. The van der Waals surface area contributed by atoms with E-state index < -0.39 is 35.0 Å². The number of alkyl halides is 1. The number of ether oxygens (including phenoxy) is 1. The van der Waals surface area contributed by atoms with Gasteiger partial charge < -0.3 is 14.4 Å². The number of benzene rings is 2. The molecule has 6 nitrogen and oxygen atoms in total. The minimum Gasteiger partial charge on any atom is -0.494 e. The molecule has 0 bridgehead atoms. The second-order valence-corrected chi connectivity index (χ2v) is 8.22. The summed E-state index contributed by atoms with van der Waals surface area (Å²) in [5.74, 6) is -2.05. The summed E-state index contributed by atoms with van der Waals surface area (Å²) >= 11 is 0. The van der Waals surface area contributed by atoms with Gasteiger partial charge in [-0.15, -0.1) is 0 Å². The average molecular weight is 426 g/mol. The first-order chi connectivity index (χ1) is 14.8. The van der Waals surface area contributed by atoms with E-state index in [0.717, 1.165) is 36.5 Å². The molecule has 1 aliphatic carbocycles. The summed E-state index contributed by atoms with van der Waals surface area (Å²) < 4.78 is 36.3. The van der Waals surface area contributed by atoms with Crippen molar-refractivity contribution in [3.05, 3.63) is 63.2 Å². The highest BCUT2D eigenvalue weighted by molar-refractivity contribution is 5.98. The molecule has 0 saturated heterocycles. The maximum absolute atomic E-state index is 15.4. The summed E-state index contributed by atoms with van der Waals surface area (Å²) in [6, 6.07) is 6.05. The number of carboxylic acid groups (broad SMARTS) is 1. The number of pyridine rings is 1. The molecule has 1 aliphatic heterocycles. The largest absolute Gasteiger partial charge is 0.494 e. The number of hydrogen-bond donors (Lipinski definition) is 1. The van der Waals surface area contributed by atoms with Crippen LogP contribution in [0.5, 0.6) is 5.75 Å². The van der Waals surface area contributed by atoms with Crippen molar-refractivity contribution in [1.82, 2.24) is 9.47 Å². The zero-order valence-corrected chi connectivity index (χ0v) is 17.0. The molecule has 0 unspecified atom stereocenters. The highest BCUT2D eigenvalue weighted by atomic mass is 19.1. The molecule has 1 saturated carbocycles. The SMILES string of the molecule is COc1c(-c2ccc3c(c2)CN(C)C3)c(F)cc2c(=O)c(C(=O)O)cn([C@@H]3C[C@@H]3F)c12. The molecule has 3 aromatic rings. The lowest BCUT2D eigenvalue weighted by Crippen LogP contribution is -2.20. The number of rotatable bonds is 4. The molecule has 8 heteroatoms. The fraction of sp³-hybridized carbons (Fsp3) is 0.304. The molecule has 2 aliphatic rings. The van der Waals surface area contributed by atoms with Gasteiger partial charge in [-0.25, -0.2) is 13.6 Å². The standard InChI is InChI=1S/C23H20F2N2O4/c1-26-8-12-4-3-11(5-13(12)9-26)19-17(25)6-14-20(22(19)31-2)27(18-7-16(18)24)10-15(21(14)28)23(29)30/h3-6,10,16,18H,7-9H2,1-2H3,(H,29,30)/t16-,18+/m0/s1. The van der Waals surface area contributed by atoms with Gasteiger partial charge in [0.15, 0.2) is 5.75 Å². The molecule has 0 amide bonds. The fourth-order valence-corrected chi connectivity index (χ4v) is 4.50. The Balaban J connectivity index is 1.83. The Bertz CT molecular complexity index is 1320. The maximum atomic E-state index is 15.4. The van der Waals surface area contributed by atoms with E-state index in [1.165, 1.54) is 11.7 Å². The highest BCUT2D eigenvalue weighted by Gasteiger charge is 2.41. The summed E-state index contributed by atoms with van der Waals surface area (Å²) in [5, 5.41) is 9.28. The van der Waals surface area contributed by atoms with Crippen molar-refractivity contribution in [3.8, 4) is 16.9 Å². The van der Waals surface area contributed by atoms with Gasteiger partial charge in [0.1, 0.15) is 17.6 Å². The Labute approximate surface area is 176 Å². The van der Waals surface area contributed by atoms with Crippen LogP contribution in [0, 0.1) is 5.82 Å². The van der Waals surface area contributed by atoms with Crippen molar-refractivity contribution in [2.75, 3.05) is 14.2 Å². The van der Waals surface area contributed by atoms with E-state index in [4.69, 9.17) is 4.74 Å². The number of halogens is 2. The number of carboxylic acids is 1. The van der Waals surface area contributed by atoms with E-state index in [2.05, 4.69) is 4.90 Å². The number of fused-ring (bicyclic) bond motifs is 2. The summed E-state index contributed by atoms with van der Waals surface area (Å²) in [4.78, 5) is 26.5. The topological polar surface area (TPSA) is 71.8 Å². The van der Waals surface area contributed by atoms with E-state index in [1.54, 1.807) is 6.07 Å². The molecular formula is C23H20F2N2O4. The van der Waals surface area contributed by atoms with Gasteiger partial charge in [-0.05, 0) is 35.9 Å². The molecule has 1 fully saturated rings. The fourth-order valence-electron chi connectivity index (χ4n) is 4.50. The molecule has 31 heavy (non-hydrogen) atoms. The molecular weight excluding hydrogens is 406 g/mol. The maximum Gasteiger partial charge on any atom is 0.341 e. The minimum absolute atomic E-state index is 0.0921. The molecule has 5 rings (SSSR count). The number of hydrogen-bond acceptors (Lipinski definition) is 4. The van der Waals surface area contributed by atoms with Crippen LogP contribution < -0.4 is 10.2 Å². The Morgan fingerprint density at radius 1 is 1.23 bits per heavy atom. The van der Waals surface area contributed by atoms with Gasteiger partial charge in [0.2, 0.25) is 5.43 Å². The molecule has 2 aromatic carbocycles. The van der Waals surface area contributed by atoms with E-state index in [1.807, 2.05) is 19.2 Å². The molecule has 0 spiro atoms. The quantitative estimate of drug-likeness (QED) is 0.688. The molecule has 2 atom stereocenters. The molecule has 1 aromatic heterocycles. The first kappa shape index (κ1) is 19.7. The summed E-state index contributed by atoms with van der Waals surface area (Å²) in [6.07, 6.45) is 0.165. The van der Waals surface area contributed by atoms with Gasteiger partial charge in [0.05, 0.1) is 29.6 Å². The summed E-state index contributed by atoms with van der Waals surface area (Å²) in [6.45, 7) is 1.54. The van der Waals surface area contributed by atoms with Crippen LogP contribution >= 0.6 is 0 Å². The van der Waals surface area contributed by atoms with E-state index >= 15 is 4.39 Å². The molecule has 1 N–H and O–H groups in total. The smallest absolute Gasteiger partial charge is 0.341 e. The van der Waals surface area contributed by atoms with Crippen LogP contribution in [-0.2, 0) is 13.1 Å². The lowest BCUT2D eigenvalue weighted by molar-refractivity contribution is 0.0694. The van der Waals surface area contributed by atoms with Crippen LogP contribution in [-0.4, -0.2) is 40.9 Å². The van der Waals surface area contributed by atoms with Crippen molar-refractivity contribution in [2.24, 2.45) is 0 Å². The third-order valence-electron chi connectivity index (χ3n) is 6.07. The Morgan fingerprint density at radius 3 is 2.58 bits per heavy atom. The Kier molecular flexibility index (Phi) is 4.37. The normalized spacial score (nSPS) is 20.1. The Hall–Kier alpha value is -3.26. The zero-order valence-electron chi connectivity index (χ0n) is 17.0. The van der Waals surface area contributed by atoms with Gasteiger partial charge in [0, 0.05) is 25.7 Å². The van der Waals surface area contributed by atoms with E-state index in [-0.39, 0.29) is 28.6 Å². The van der Waals surface area contributed by atoms with Crippen molar-refractivity contribution >= 4 is 16.9 Å². The van der Waals surface area contributed by atoms with Gasteiger partial charge in [-0.2, -0.15) is 0 Å². The summed E-state index contributed by atoms with van der Waals surface area (Å²) in [5.41, 5.74) is 1.84. The predicted molar refractivity (Wildman–Crippen MR) is 111 cm³/mol. The first-order valence-corrected chi connectivity index (χ1v) is 9.93. The van der Waals surface area contributed by atoms with Crippen molar-refractivity contribution in [2.45, 2.75) is 31.7 Å². The summed E-state index contributed by atoms with van der Waals surface area (Å²) in [7, 11) is 3.36. The lowest BCUT2D eigenvalue weighted by Gasteiger charge is -2.18. The van der Waals surface area contributed by atoms with Crippen molar-refractivity contribution in [3.63, 3.8) is 0 Å². The minimum atomic E-state index is -1.44. The molecule has 160 valence electrons. The number of nitrogens with zero attached hydrogens (tertiary/aromatic N) is 2. The lowest BCUT2D eigenvalue weighted by atomic mass is 9.97. The van der Waals surface area contributed by atoms with E-state index in [9.17, 15) is 19.1 Å². The van der Waals surface area contributed by atoms with Crippen LogP contribution in [0.15, 0.2) is 35.3 Å². The number of aromatic nitrogens is 1.